The fraction of sp³-hybridized carbons (Fsp3) is 0.533. The maximum absolute atomic E-state index is 10.3. The second-order valence-electron chi connectivity index (χ2n) is 4.19. The smallest absolute Gasteiger partial charge is 0.303 e. The molecule has 4 heteroatoms. The Bertz CT molecular complexity index is 360. The summed E-state index contributed by atoms with van der Waals surface area (Å²) in [5.74, 6) is 4.40. The Balaban J connectivity index is 3.86. The van der Waals surface area contributed by atoms with Gasteiger partial charge in [0, 0.05) is 6.42 Å². The van der Waals surface area contributed by atoms with E-state index in [0.29, 0.717) is 12.8 Å². The third-order valence-corrected chi connectivity index (χ3v) is 2.33. The molecule has 0 bridgehead atoms. The molecular formula is C15H22O4. The Hall–Kier alpha value is -1.57. The molecule has 19 heavy (non-hydrogen) atoms. The van der Waals surface area contributed by atoms with Crippen molar-refractivity contribution >= 4 is 5.97 Å². The summed E-state index contributed by atoms with van der Waals surface area (Å²) in [4.78, 5) is 10.3. The zero-order valence-corrected chi connectivity index (χ0v) is 11.2. The van der Waals surface area contributed by atoms with E-state index in [1.54, 1.807) is 24.3 Å². The van der Waals surface area contributed by atoms with Crippen LogP contribution in [-0.2, 0) is 4.79 Å². The second-order valence-corrected chi connectivity index (χ2v) is 4.19. The Morgan fingerprint density at radius 2 is 2.00 bits per heavy atom. The quantitative estimate of drug-likeness (QED) is 0.463. The van der Waals surface area contributed by atoms with Crippen molar-refractivity contribution in [2.24, 2.45) is 0 Å². The van der Waals surface area contributed by atoms with Gasteiger partial charge < -0.3 is 15.3 Å². The molecule has 0 amide bonds. The summed E-state index contributed by atoms with van der Waals surface area (Å²) in [5, 5.41) is 27.2. The van der Waals surface area contributed by atoms with Gasteiger partial charge in [0.2, 0.25) is 0 Å². The Morgan fingerprint density at radius 3 is 2.63 bits per heavy atom. The number of aliphatic carboxylic acids is 1. The summed E-state index contributed by atoms with van der Waals surface area (Å²) in [6.07, 6.45) is 7.93. The third-order valence-electron chi connectivity index (χ3n) is 2.33. The van der Waals surface area contributed by atoms with Crippen LogP contribution in [0.5, 0.6) is 0 Å². The molecule has 0 rings (SSSR count). The first-order valence-corrected chi connectivity index (χ1v) is 6.48. The molecule has 0 aliphatic carbocycles. The highest BCUT2D eigenvalue weighted by Crippen LogP contribution is 2.00. The van der Waals surface area contributed by atoms with Crippen molar-refractivity contribution in [3.05, 3.63) is 24.3 Å². The zero-order chi connectivity index (χ0) is 14.5. The average molecular weight is 266 g/mol. The third kappa shape index (κ3) is 12.7. The lowest BCUT2D eigenvalue weighted by molar-refractivity contribution is -0.137. The molecule has 2 atom stereocenters. The first kappa shape index (κ1) is 17.4. The molecule has 3 N–H and O–H groups in total. The van der Waals surface area contributed by atoms with E-state index in [2.05, 4.69) is 11.8 Å². The van der Waals surface area contributed by atoms with E-state index < -0.39 is 18.2 Å². The Labute approximate surface area is 114 Å². The van der Waals surface area contributed by atoms with Gasteiger partial charge in [-0.05, 0) is 25.3 Å². The van der Waals surface area contributed by atoms with Crippen LogP contribution in [0.25, 0.3) is 0 Å². The van der Waals surface area contributed by atoms with Gasteiger partial charge in [-0.3, -0.25) is 4.79 Å². The van der Waals surface area contributed by atoms with Crippen molar-refractivity contribution in [2.75, 3.05) is 0 Å². The lowest BCUT2D eigenvalue weighted by Gasteiger charge is -2.00. The predicted molar refractivity (Wildman–Crippen MR) is 74.5 cm³/mol. The summed E-state index contributed by atoms with van der Waals surface area (Å²) in [6.45, 7) is 2.00. The number of rotatable bonds is 8. The maximum atomic E-state index is 10.3. The van der Waals surface area contributed by atoms with Crippen molar-refractivity contribution in [3.8, 4) is 11.8 Å². The van der Waals surface area contributed by atoms with Gasteiger partial charge in [-0.25, -0.2) is 0 Å². The minimum absolute atomic E-state index is 0.0482. The van der Waals surface area contributed by atoms with Crippen LogP contribution in [0.3, 0.4) is 0 Å². The highest BCUT2D eigenvalue weighted by atomic mass is 16.4. The first-order chi connectivity index (χ1) is 9.06. The maximum Gasteiger partial charge on any atom is 0.303 e. The van der Waals surface area contributed by atoms with Crippen molar-refractivity contribution in [1.29, 1.82) is 0 Å². The number of aliphatic hydroxyl groups excluding tert-OH is 2. The molecule has 0 heterocycles. The largest absolute Gasteiger partial charge is 0.481 e. The van der Waals surface area contributed by atoms with Crippen LogP contribution in [0.1, 0.15) is 39.0 Å². The molecule has 0 aromatic heterocycles. The number of carboxylic acids is 1. The van der Waals surface area contributed by atoms with Gasteiger partial charge in [0.1, 0.15) is 6.10 Å². The van der Waals surface area contributed by atoms with E-state index in [-0.39, 0.29) is 6.42 Å². The van der Waals surface area contributed by atoms with Crippen LogP contribution in [-0.4, -0.2) is 33.5 Å². The summed E-state index contributed by atoms with van der Waals surface area (Å²) in [7, 11) is 0. The van der Waals surface area contributed by atoms with Crippen molar-refractivity contribution in [3.63, 3.8) is 0 Å². The molecule has 4 nitrogen and oxygen atoms in total. The van der Waals surface area contributed by atoms with Gasteiger partial charge >= 0.3 is 5.97 Å². The van der Waals surface area contributed by atoms with Gasteiger partial charge in [-0.15, -0.1) is 0 Å². The van der Waals surface area contributed by atoms with Gasteiger partial charge in [-0.2, -0.15) is 0 Å². The average Bonchev–Trinajstić information content (AvgIpc) is 2.33. The van der Waals surface area contributed by atoms with Crippen LogP contribution in [0, 0.1) is 11.8 Å². The molecule has 106 valence electrons. The minimum atomic E-state index is -0.865. The minimum Gasteiger partial charge on any atom is -0.481 e. The first-order valence-electron chi connectivity index (χ1n) is 6.48. The topological polar surface area (TPSA) is 77.8 Å². The van der Waals surface area contributed by atoms with E-state index in [1.807, 2.05) is 6.92 Å². The van der Waals surface area contributed by atoms with Crippen LogP contribution >= 0.6 is 0 Å². The second kappa shape index (κ2) is 11.5. The molecule has 0 aromatic rings. The highest BCUT2D eigenvalue weighted by molar-refractivity contribution is 5.66. The monoisotopic (exact) mass is 266 g/mol. The van der Waals surface area contributed by atoms with Gasteiger partial charge in [0.25, 0.3) is 0 Å². The highest BCUT2D eigenvalue weighted by Gasteiger charge is 2.01. The normalized spacial score (nSPS) is 14.3. The van der Waals surface area contributed by atoms with Gasteiger partial charge in [0.05, 0.1) is 6.10 Å². The summed E-state index contributed by atoms with van der Waals surface area (Å²) in [6, 6.07) is 0. The Kier molecular flexibility index (Phi) is 10.6. The van der Waals surface area contributed by atoms with E-state index in [9.17, 15) is 15.0 Å². The van der Waals surface area contributed by atoms with Gasteiger partial charge in [0.15, 0.2) is 0 Å². The molecule has 0 saturated carbocycles. The summed E-state index contributed by atoms with van der Waals surface area (Å²) >= 11 is 0. The zero-order valence-electron chi connectivity index (χ0n) is 11.2. The van der Waals surface area contributed by atoms with Gasteiger partial charge in [-0.1, -0.05) is 43.4 Å². The Morgan fingerprint density at radius 1 is 1.26 bits per heavy atom. The van der Waals surface area contributed by atoms with Crippen molar-refractivity contribution in [2.45, 2.75) is 51.2 Å². The number of carboxylic acid groups (broad SMARTS) is 1. The fourth-order valence-corrected chi connectivity index (χ4v) is 1.35. The van der Waals surface area contributed by atoms with Crippen molar-refractivity contribution < 1.29 is 20.1 Å². The number of hydrogen-bond donors (Lipinski definition) is 3. The number of carbonyl (C=O) groups is 1. The lowest BCUT2D eigenvalue weighted by Crippen LogP contribution is -2.04. The molecule has 0 spiro atoms. The van der Waals surface area contributed by atoms with E-state index in [0.717, 1.165) is 12.8 Å². The molecule has 0 aliphatic heterocycles. The molecule has 0 aromatic carbocycles. The summed E-state index contributed by atoms with van der Waals surface area (Å²) in [5.41, 5.74) is 0. The predicted octanol–water partition coefficient (Wildman–Crippen LogP) is 1.88. The molecule has 0 radical (unpaired) electrons. The van der Waals surface area contributed by atoms with Crippen molar-refractivity contribution in [1.82, 2.24) is 0 Å². The molecule has 0 saturated heterocycles. The molecule has 0 unspecified atom stereocenters. The van der Waals surface area contributed by atoms with Crippen LogP contribution in [0.2, 0.25) is 0 Å². The van der Waals surface area contributed by atoms with E-state index >= 15 is 0 Å². The standard InChI is InChI=1S/C15H22O4/c1-2-8-13(16)9-5-3-4-6-10-14(17)11-7-12-15(18)19/h3-5,9,13-14,16-17H,2,7-8,11-12H2,1H3,(H,18,19)/b4-3+,9-5+/t13-,14-/m1/s1. The van der Waals surface area contributed by atoms with Crippen LogP contribution in [0.15, 0.2) is 24.3 Å². The van der Waals surface area contributed by atoms with E-state index in [4.69, 9.17) is 5.11 Å². The molecule has 0 fully saturated rings. The van der Waals surface area contributed by atoms with Crippen LogP contribution in [0.4, 0.5) is 0 Å². The fourth-order valence-electron chi connectivity index (χ4n) is 1.35. The lowest BCUT2D eigenvalue weighted by atomic mass is 10.1. The molecule has 0 aliphatic rings. The SMILES string of the molecule is CCC[C@@H](O)/C=C/C=C/C#C[C@@H](O)CCCC(=O)O. The number of hydrogen-bond acceptors (Lipinski definition) is 3. The number of allylic oxidation sites excluding steroid dienone is 3. The van der Waals surface area contributed by atoms with E-state index in [1.165, 1.54) is 0 Å². The van der Waals surface area contributed by atoms with Crippen LogP contribution < -0.4 is 0 Å². The summed E-state index contributed by atoms with van der Waals surface area (Å²) < 4.78 is 0. The number of aliphatic hydroxyl groups is 2. The molecular weight excluding hydrogens is 244 g/mol.